The molecule has 0 atom stereocenters. The summed E-state index contributed by atoms with van der Waals surface area (Å²) in [6.45, 7) is -0.413. The minimum absolute atomic E-state index is 0.142. The Morgan fingerprint density at radius 2 is 2.09 bits per heavy atom. The monoisotopic (exact) mass is 464 g/mol. The molecule has 0 unspecified atom stereocenters. The SMILES string of the molecule is O=C(COC(=O)c1cc(Br)c(Br)s1)NC(=O)NCc1ccco1. The molecule has 7 nitrogen and oxygen atoms in total. The number of esters is 1. The molecule has 23 heavy (non-hydrogen) atoms. The van der Waals surface area contributed by atoms with Crippen LogP contribution in [0.5, 0.6) is 0 Å². The first-order valence-corrected chi connectivity index (χ1v) is 8.58. The van der Waals surface area contributed by atoms with E-state index in [-0.39, 0.29) is 6.54 Å². The fourth-order valence-electron chi connectivity index (χ4n) is 1.44. The molecule has 0 aliphatic rings. The van der Waals surface area contributed by atoms with Crippen LogP contribution in [0.1, 0.15) is 15.4 Å². The van der Waals surface area contributed by atoms with Crippen LogP contribution in [0.2, 0.25) is 0 Å². The van der Waals surface area contributed by atoms with Gasteiger partial charge in [0.15, 0.2) is 6.61 Å². The first-order chi connectivity index (χ1) is 11.0. The number of hydrogen-bond donors (Lipinski definition) is 2. The van der Waals surface area contributed by atoms with Crippen molar-refractivity contribution in [3.63, 3.8) is 0 Å². The van der Waals surface area contributed by atoms with Gasteiger partial charge in [0.25, 0.3) is 5.91 Å². The van der Waals surface area contributed by atoms with Crippen molar-refractivity contribution >= 4 is 61.1 Å². The average molecular weight is 466 g/mol. The summed E-state index contributed by atoms with van der Waals surface area (Å²) in [4.78, 5) is 35.1. The van der Waals surface area contributed by atoms with E-state index in [9.17, 15) is 14.4 Å². The molecule has 0 saturated heterocycles. The lowest BCUT2D eigenvalue weighted by Crippen LogP contribution is -2.41. The molecule has 0 aromatic carbocycles. The molecular weight excluding hydrogens is 456 g/mol. The zero-order chi connectivity index (χ0) is 16.8. The molecule has 2 aromatic rings. The fourth-order valence-corrected chi connectivity index (χ4v) is 3.37. The number of nitrogens with one attached hydrogen (secondary N) is 2. The quantitative estimate of drug-likeness (QED) is 0.661. The number of hydrogen-bond acceptors (Lipinski definition) is 6. The lowest BCUT2D eigenvalue weighted by Gasteiger charge is -2.06. The second-order valence-corrected chi connectivity index (χ2v) is 7.34. The second-order valence-electron chi connectivity index (χ2n) is 4.12. The Kier molecular flexibility index (Phi) is 6.37. The largest absolute Gasteiger partial charge is 0.467 e. The maximum atomic E-state index is 11.7. The maximum absolute atomic E-state index is 11.7. The Balaban J connectivity index is 1.71. The van der Waals surface area contributed by atoms with Crippen molar-refractivity contribution in [1.29, 1.82) is 0 Å². The van der Waals surface area contributed by atoms with E-state index >= 15 is 0 Å². The maximum Gasteiger partial charge on any atom is 0.348 e. The summed E-state index contributed by atoms with van der Waals surface area (Å²) in [6, 6.07) is 4.23. The summed E-state index contributed by atoms with van der Waals surface area (Å²) in [7, 11) is 0. The van der Waals surface area contributed by atoms with E-state index in [1.807, 2.05) is 5.32 Å². The van der Waals surface area contributed by atoms with E-state index in [4.69, 9.17) is 9.15 Å². The predicted molar refractivity (Wildman–Crippen MR) is 89.1 cm³/mol. The van der Waals surface area contributed by atoms with Gasteiger partial charge in [0, 0.05) is 4.47 Å². The topological polar surface area (TPSA) is 97.6 Å². The number of ether oxygens (including phenoxy) is 1. The summed E-state index contributed by atoms with van der Waals surface area (Å²) in [6.07, 6.45) is 1.47. The number of urea groups is 1. The summed E-state index contributed by atoms with van der Waals surface area (Å²) in [5.41, 5.74) is 0. The van der Waals surface area contributed by atoms with E-state index in [1.165, 1.54) is 17.6 Å². The number of rotatable bonds is 5. The van der Waals surface area contributed by atoms with Crippen molar-refractivity contribution in [3.8, 4) is 0 Å². The van der Waals surface area contributed by atoms with Crippen molar-refractivity contribution < 1.29 is 23.5 Å². The number of amides is 3. The normalized spacial score (nSPS) is 10.2. The molecule has 3 amide bonds. The van der Waals surface area contributed by atoms with E-state index in [2.05, 4.69) is 37.2 Å². The molecule has 2 heterocycles. The first-order valence-electron chi connectivity index (χ1n) is 6.17. The van der Waals surface area contributed by atoms with E-state index in [0.717, 1.165) is 8.26 Å². The van der Waals surface area contributed by atoms with E-state index in [1.54, 1.807) is 18.2 Å². The van der Waals surface area contributed by atoms with Gasteiger partial charge in [-0.15, -0.1) is 11.3 Å². The number of furan rings is 1. The average Bonchev–Trinajstić information content (AvgIpc) is 3.13. The Bertz CT molecular complexity index is 695. The predicted octanol–water partition coefficient (Wildman–Crippen LogP) is 3.05. The molecule has 2 N–H and O–H groups in total. The van der Waals surface area contributed by atoms with Crippen LogP contribution in [0.3, 0.4) is 0 Å². The van der Waals surface area contributed by atoms with E-state index < -0.39 is 24.5 Å². The molecule has 0 aliphatic heterocycles. The Hall–Kier alpha value is -1.65. The van der Waals surface area contributed by atoms with Gasteiger partial charge in [0.05, 0.1) is 16.6 Å². The third-order valence-corrected chi connectivity index (χ3v) is 5.67. The van der Waals surface area contributed by atoms with Gasteiger partial charge in [0.1, 0.15) is 10.6 Å². The highest BCUT2D eigenvalue weighted by molar-refractivity contribution is 9.13. The molecule has 10 heteroatoms. The zero-order valence-electron chi connectivity index (χ0n) is 11.4. The molecular formula is C13H10Br2N2O5S. The molecule has 0 spiro atoms. The van der Waals surface area contributed by atoms with E-state index in [0.29, 0.717) is 10.6 Å². The molecule has 122 valence electrons. The standard InChI is InChI=1S/C13H10Br2N2O5S/c14-8-4-9(23-11(8)15)12(19)22-6-10(18)17-13(20)16-5-7-2-1-3-21-7/h1-4H,5-6H2,(H2,16,17,18,20). The Morgan fingerprint density at radius 3 is 2.70 bits per heavy atom. The smallest absolute Gasteiger partial charge is 0.348 e. The first kappa shape index (κ1) is 17.7. The highest BCUT2D eigenvalue weighted by Gasteiger charge is 2.16. The Labute approximate surface area is 151 Å². The van der Waals surface area contributed by atoms with Gasteiger partial charge < -0.3 is 14.5 Å². The second kappa shape index (κ2) is 8.27. The van der Waals surface area contributed by atoms with Crippen LogP contribution in [0.25, 0.3) is 0 Å². The van der Waals surface area contributed by atoms with Gasteiger partial charge in [-0.1, -0.05) is 0 Å². The van der Waals surface area contributed by atoms with Gasteiger partial charge in [0.2, 0.25) is 0 Å². The molecule has 0 aliphatic carbocycles. The molecule has 0 fully saturated rings. The van der Waals surface area contributed by atoms with Crippen LogP contribution >= 0.6 is 43.2 Å². The van der Waals surface area contributed by atoms with Gasteiger partial charge in [-0.25, -0.2) is 9.59 Å². The summed E-state index contributed by atoms with van der Waals surface area (Å²) in [5, 5.41) is 4.47. The number of halogens is 2. The van der Waals surface area contributed by atoms with Crippen molar-refractivity contribution in [3.05, 3.63) is 43.4 Å². The lowest BCUT2D eigenvalue weighted by atomic mass is 10.4. The van der Waals surface area contributed by atoms with Crippen molar-refractivity contribution in [2.24, 2.45) is 0 Å². The number of carbonyl (C=O) groups excluding carboxylic acids is 3. The van der Waals surface area contributed by atoms with Crippen LogP contribution in [0.15, 0.2) is 37.1 Å². The molecule has 2 rings (SSSR count). The number of carbonyl (C=O) groups is 3. The third-order valence-electron chi connectivity index (χ3n) is 2.44. The third kappa shape index (κ3) is 5.48. The summed E-state index contributed by atoms with van der Waals surface area (Å²) >= 11 is 7.67. The highest BCUT2D eigenvalue weighted by Crippen LogP contribution is 2.32. The molecule has 0 radical (unpaired) electrons. The number of imide groups is 1. The van der Waals surface area contributed by atoms with Gasteiger partial charge in [-0.2, -0.15) is 0 Å². The van der Waals surface area contributed by atoms with Crippen LogP contribution in [-0.4, -0.2) is 24.5 Å². The Morgan fingerprint density at radius 1 is 1.30 bits per heavy atom. The van der Waals surface area contributed by atoms with Gasteiger partial charge in [-0.05, 0) is 50.1 Å². The summed E-state index contributed by atoms with van der Waals surface area (Å²) in [5.74, 6) is -0.828. The molecule has 2 aromatic heterocycles. The summed E-state index contributed by atoms with van der Waals surface area (Å²) < 4.78 is 11.3. The van der Waals surface area contributed by atoms with Crippen molar-refractivity contribution in [2.45, 2.75) is 6.54 Å². The number of thiophene rings is 1. The molecule has 0 saturated carbocycles. The minimum atomic E-state index is -0.731. The van der Waals surface area contributed by atoms with Gasteiger partial charge in [-0.3, -0.25) is 10.1 Å². The van der Waals surface area contributed by atoms with Crippen molar-refractivity contribution in [1.82, 2.24) is 10.6 Å². The minimum Gasteiger partial charge on any atom is -0.467 e. The van der Waals surface area contributed by atoms with Crippen molar-refractivity contribution in [2.75, 3.05) is 6.61 Å². The highest BCUT2D eigenvalue weighted by atomic mass is 79.9. The van der Waals surface area contributed by atoms with Gasteiger partial charge >= 0.3 is 12.0 Å². The molecule has 0 bridgehead atoms. The van der Waals surface area contributed by atoms with Crippen LogP contribution in [0.4, 0.5) is 4.79 Å². The van der Waals surface area contributed by atoms with Crippen LogP contribution in [0, 0.1) is 0 Å². The van der Waals surface area contributed by atoms with Crippen LogP contribution < -0.4 is 10.6 Å². The lowest BCUT2D eigenvalue weighted by molar-refractivity contribution is -0.123. The zero-order valence-corrected chi connectivity index (χ0v) is 15.4. The van der Waals surface area contributed by atoms with Crippen LogP contribution in [-0.2, 0) is 16.1 Å². The fraction of sp³-hybridized carbons (Fsp3) is 0.154.